The monoisotopic (exact) mass is 348 g/mol. The lowest BCUT2D eigenvalue weighted by Crippen LogP contribution is -2.24. The highest BCUT2D eigenvalue weighted by atomic mass is 16.5. The molecule has 3 rings (SSSR count). The van der Waals surface area contributed by atoms with Crippen molar-refractivity contribution in [3.05, 3.63) is 77.7 Å². The number of carbonyl (C=O) groups excluding carboxylic acids is 1. The molecule has 6 heteroatoms. The summed E-state index contributed by atoms with van der Waals surface area (Å²) in [6, 6.07) is 15.5. The molecule has 0 aliphatic heterocycles. The van der Waals surface area contributed by atoms with Crippen molar-refractivity contribution in [1.82, 2.24) is 15.3 Å². The molecule has 0 bridgehead atoms. The quantitative estimate of drug-likeness (QED) is 0.713. The van der Waals surface area contributed by atoms with E-state index in [9.17, 15) is 4.79 Å². The minimum Gasteiger partial charge on any atom is -0.495 e. The summed E-state index contributed by atoms with van der Waals surface area (Å²) in [4.78, 5) is 20.7. The van der Waals surface area contributed by atoms with E-state index in [0.29, 0.717) is 18.1 Å². The largest absolute Gasteiger partial charge is 0.495 e. The Hall–Kier alpha value is -3.41. The number of ether oxygens (including phenoxy) is 1. The number of methoxy groups -OCH3 is 1. The van der Waals surface area contributed by atoms with Crippen molar-refractivity contribution in [3.8, 4) is 5.75 Å². The number of hydrogen-bond acceptors (Lipinski definition) is 5. The molecule has 0 spiro atoms. The average molecular weight is 348 g/mol. The van der Waals surface area contributed by atoms with Crippen LogP contribution in [0.25, 0.3) is 0 Å². The van der Waals surface area contributed by atoms with Crippen LogP contribution in [0, 0.1) is 6.92 Å². The van der Waals surface area contributed by atoms with Gasteiger partial charge in [-0.1, -0.05) is 42.0 Å². The van der Waals surface area contributed by atoms with Crippen LogP contribution in [0.5, 0.6) is 5.75 Å². The topological polar surface area (TPSA) is 76.1 Å². The predicted molar refractivity (Wildman–Crippen MR) is 101 cm³/mol. The number of aromatic nitrogens is 2. The molecule has 2 aromatic carbocycles. The fourth-order valence-corrected chi connectivity index (χ4v) is 2.49. The number of nitrogens with one attached hydrogen (secondary N) is 2. The lowest BCUT2D eigenvalue weighted by atomic mass is 10.1. The van der Waals surface area contributed by atoms with Gasteiger partial charge in [0.25, 0.3) is 5.91 Å². The zero-order chi connectivity index (χ0) is 18.4. The van der Waals surface area contributed by atoms with Gasteiger partial charge in [0.1, 0.15) is 17.3 Å². The van der Waals surface area contributed by atoms with Gasteiger partial charge in [-0.2, -0.15) is 0 Å². The van der Waals surface area contributed by atoms with Crippen molar-refractivity contribution in [2.75, 3.05) is 12.4 Å². The van der Waals surface area contributed by atoms with E-state index < -0.39 is 0 Å². The fraction of sp³-hybridized carbons (Fsp3) is 0.150. The van der Waals surface area contributed by atoms with E-state index in [1.54, 1.807) is 7.11 Å². The maximum absolute atomic E-state index is 12.2. The normalized spacial score (nSPS) is 10.2. The Morgan fingerprint density at radius 2 is 1.92 bits per heavy atom. The minimum atomic E-state index is -0.261. The lowest BCUT2D eigenvalue weighted by Gasteiger charge is -2.10. The van der Waals surface area contributed by atoms with Crippen LogP contribution >= 0.6 is 0 Å². The van der Waals surface area contributed by atoms with E-state index in [2.05, 4.69) is 20.6 Å². The highest BCUT2D eigenvalue weighted by molar-refractivity contribution is 5.92. The van der Waals surface area contributed by atoms with Gasteiger partial charge < -0.3 is 15.4 Å². The Labute approximate surface area is 152 Å². The van der Waals surface area contributed by atoms with Crippen LogP contribution in [0.2, 0.25) is 0 Å². The maximum atomic E-state index is 12.2. The van der Waals surface area contributed by atoms with Gasteiger partial charge in [0.05, 0.1) is 25.2 Å². The first-order valence-electron chi connectivity index (χ1n) is 8.21. The molecule has 26 heavy (non-hydrogen) atoms. The number of para-hydroxylation sites is 2. The van der Waals surface area contributed by atoms with Crippen LogP contribution in [0.4, 0.5) is 11.5 Å². The Bertz CT molecular complexity index is 894. The number of benzene rings is 2. The fourth-order valence-electron chi connectivity index (χ4n) is 2.49. The number of amides is 1. The van der Waals surface area contributed by atoms with Crippen molar-refractivity contribution in [2.24, 2.45) is 0 Å². The molecule has 0 unspecified atom stereocenters. The molecule has 132 valence electrons. The Morgan fingerprint density at radius 1 is 1.08 bits per heavy atom. The van der Waals surface area contributed by atoms with Crippen molar-refractivity contribution in [3.63, 3.8) is 0 Å². The van der Waals surface area contributed by atoms with E-state index in [-0.39, 0.29) is 11.6 Å². The highest BCUT2D eigenvalue weighted by Gasteiger charge is 2.09. The second kappa shape index (κ2) is 8.11. The molecule has 0 saturated heterocycles. The highest BCUT2D eigenvalue weighted by Crippen LogP contribution is 2.25. The molecule has 0 saturated carbocycles. The van der Waals surface area contributed by atoms with Gasteiger partial charge in [-0.3, -0.25) is 4.79 Å². The summed E-state index contributed by atoms with van der Waals surface area (Å²) in [5.74, 6) is 0.974. The summed E-state index contributed by atoms with van der Waals surface area (Å²) in [7, 11) is 1.61. The summed E-state index contributed by atoms with van der Waals surface area (Å²) in [6.07, 6.45) is 2.97. The molecule has 6 nitrogen and oxygen atoms in total. The number of nitrogens with zero attached hydrogens (tertiary/aromatic N) is 2. The number of hydrogen-bond donors (Lipinski definition) is 2. The van der Waals surface area contributed by atoms with Gasteiger partial charge in [0, 0.05) is 6.54 Å². The molecular formula is C20H20N4O2. The van der Waals surface area contributed by atoms with Crippen LogP contribution in [-0.4, -0.2) is 23.0 Å². The molecule has 0 radical (unpaired) electrons. The summed E-state index contributed by atoms with van der Waals surface area (Å²) in [5, 5.41) is 5.97. The number of aryl methyl sites for hydroxylation is 1. The van der Waals surface area contributed by atoms with E-state index in [0.717, 1.165) is 16.8 Å². The predicted octanol–water partition coefficient (Wildman–Crippen LogP) is 3.47. The first-order chi connectivity index (χ1) is 12.7. The van der Waals surface area contributed by atoms with Crippen LogP contribution < -0.4 is 15.4 Å². The molecule has 1 heterocycles. The van der Waals surface area contributed by atoms with E-state index in [1.807, 2.05) is 55.5 Å². The van der Waals surface area contributed by atoms with Crippen molar-refractivity contribution in [2.45, 2.75) is 13.5 Å². The first kappa shape index (κ1) is 17.4. The second-order valence-corrected chi connectivity index (χ2v) is 5.78. The van der Waals surface area contributed by atoms with Gasteiger partial charge >= 0.3 is 0 Å². The molecule has 0 aliphatic rings. The molecule has 3 aromatic rings. The zero-order valence-electron chi connectivity index (χ0n) is 14.7. The standard InChI is InChI=1S/C20H20N4O2/c1-14-6-5-7-15(10-14)11-23-20(25)17-12-22-19(13-21-17)24-16-8-3-4-9-18(16)26-2/h3-10,12-13H,11H2,1-2H3,(H,22,24)(H,23,25). The van der Waals surface area contributed by atoms with Crippen LogP contribution in [0.3, 0.4) is 0 Å². The SMILES string of the molecule is COc1ccccc1Nc1cnc(C(=O)NCc2cccc(C)c2)cn1. The summed E-state index contributed by atoms with van der Waals surface area (Å²) in [5.41, 5.74) is 3.24. The van der Waals surface area contributed by atoms with E-state index >= 15 is 0 Å². The Kier molecular flexibility index (Phi) is 5.43. The van der Waals surface area contributed by atoms with Crippen LogP contribution in [0.1, 0.15) is 21.6 Å². The van der Waals surface area contributed by atoms with Gasteiger partial charge in [0.2, 0.25) is 0 Å². The average Bonchev–Trinajstić information content (AvgIpc) is 2.67. The summed E-state index contributed by atoms with van der Waals surface area (Å²) >= 11 is 0. The van der Waals surface area contributed by atoms with Crippen LogP contribution in [-0.2, 0) is 6.54 Å². The Morgan fingerprint density at radius 3 is 2.65 bits per heavy atom. The smallest absolute Gasteiger partial charge is 0.271 e. The van der Waals surface area contributed by atoms with Gasteiger partial charge in [-0.05, 0) is 24.6 Å². The molecule has 0 fully saturated rings. The maximum Gasteiger partial charge on any atom is 0.271 e. The first-order valence-corrected chi connectivity index (χ1v) is 8.21. The molecule has 1 aromatic heterocycles. The molecule has 1 amide bonds. The second-order valence-electron chi connectivity index (χ2n) is 5.78. The third-order valence-electron chi connectivity index (χ3n) is 3.79. The number of rotatable bonds is 6. The van der Waals surface area contributed by atoms with Crippen molar-refractivity contribution in [1.29, 1.82) is 0 Å². The molecule has 0 atom stereocenters. The van der Waals surface area contributed by atoms with Gasteiger partial charge in [-0.15, -0.1) is 0 Å². The van der Waals surface area contributed by atoms with Gasteiger partial charge in [0.15, 0.2) is 0 Å². The molecular weight excluding hydrogens is 328 g/mol. The van der Waals surface area contributed by atoms with Crippen molar-refractivity contribution >= 4 is 17.4 Å². The third kappa shape index (κ3) is 4.36. The number of anilines is 2. The third-order valence-corrected chi connectivity index (χ3v) is 3.79. The zero-order valence-corrected chi connectivity index (χ0v) is 14.7. The van der Waals surface area contributed by atoms with Crippen molar-refractivity contribution < 1.29 is 9.53 Å². The molecule has 0 aliphatic carbocycles. The van der Waals surface area contributed by atoms with E-state index in [1.165, 1.54) is 12.4 Å². The number of carbonyl (C=O) groups is 1. The lowest BCUT2D eigenvalue weighted by molar-refractivity contribution is 0.0945. The van der Waals surface area contributed by atoms with Gasteiger partial charge in [-0.25, -0.2) is 9.97 Å². The Balaban J connectivity index is 1.62. The van der Waals surface area contributed by atoms with E-state index in [4.69, 9.17) is 4.74 Å². The molecule has 2 N–H and O–H groups in total. The van der Waals surface area contributed by atoms with Crippen LogP contribution in [0.15, 0.2) is 60.9 Å². The summed E-state index contributed by atoms with van der Waals surface area (Å²) < 4.78 is 5.29. The minimum absolute atomic E-state index is 0.261. The summed E-state index contributed by atoms with van der Waals surface area (Å²) in [6.45, 7) is 2.47.